The molecule has 2 saturated heterocycles. The smallest absolute Gasteiger partial charge is 0.451 e. The first-order chi connectivity index (χ1) is 25.0. The first-order valence-corrected chi connectivity index (χ1v) is 17.3. The number of nitrogens with one attached hydrogen (secondary N) is 3. The van der Waals surface area contributed by atoms with E-state index in [2.05, 4.69) is 42.0 Å². The van der Waals surface area contributed by atoms with Gasteiger partial charge >= 0.3 is 12.1 Å². The third-order valence-electron chi connectivity index (χ3n) is 9.16. The van der Waals surface area contributed by atoms with Gasteiger partial charge < -0.3 is 30.9 Å². The van der Waals surface area contributed by atoms with Gasteiger partial charge in [0.25, 0.3) is 0 Å². The molecule has 2 aliphatic heterocycles. The van der Waals surface area contributed by atoms with Gasteiger partial charge in [-0.2, -0.15) is 18.4 Å². The summed E-state index contributed by atoms with van der Waals surface area (Å²) < 4.78 is 42.0. The normalized spacial score (nSPS) is 16.3. The molecular weight excluding hydrogens is 681 g/mol. The predicted octanol–water partition coefficient (Wildman–Crippen LogP) is 3.80. The predicted molar refractivity (Wildman–Crippen MR) is 185 cm³/mol. The molecule has 2 aliphatic rings. The Morgan fingerprint density at radius 1 is 0.942 bits per heavy atom. The number of nitriles is 1. The van der Waals surface area contributed by atoms with E-state index >= 15 is 0 Å². The van der Waals surface area contributed by atoms with E-state index in [1.54, 1.807) is 23.1 Å². The topological polar surface area (TPSA) is 189 Å². The van der Waals surface area contributed by atoms with Crippen molar-refractivity contribution in [2.24, 2.45) is 5.92 Å². The van der Waals surface area contributed by atoms with Gasteiger partial charge in [0.1, 0.15) is 17.7 Å². The third-order valence-corrected chi connectivity index (χ3v) is 9.16. The highest BCUT2D eigenvalue weighted by Gasteiger charge is 2.39. The van der Waals surface area contributed by atoms with Crippen molar-refractivity contribution in [3.05, 3.63) is 65.2 Å². The molecule has 3 aromatic rings. The quantitative estimate of drug-likeness (QED) is 0.166. The van der Waals surface area contributed by atoms with Crippen LogP contribution in [0.3, 0.4) is 0 Å². The summed E-state index contributed by atoms with van der Waals surface area (Å²) in [5.41, 5.74) is 1.36. The molecule has 276 valence electrons. The molecule has 5 rings (SSSR count). The number of rotatable bonds is 15. The largest absolute Gasteiger partial charge is 0.477 e. The van der Waals surface area contributed by atoms with Gasteiger partial charge in [0.05, 0.1) is 11.6 Å². The number of halogens is 3. The van der Waals surface area contributed by atoms with Crippen LogP contribution in [-0.2, 0) is 22.2 Å². The van der Waals surface area contributed by atoms with Crippen LogP contribution >= 0.6 is 0 Å². The van der Waals surface area contributed by atoms with Gasteiger partial charge in [0.2, 0.25) is 23.6 Å². The molecule has 1 unspecified atom stereocenters. The summed E-state index contributed by atoms with van der Waals surface area (Å²) in [5.74, 6) is -2.07. The van der Waals surface area contributed by atoms with Crippen LogP contribution in [0.1, 0.15) is 72.4 Å². The van der Waals surface area contributed by atoms with Crippen molar-refractivity contribution in [1.82, 2.24) is 30.6 Å². The summed E-state index contributed by atoms with van der Waals surface area (Å²) in [7, 11) is 0. The molecule has 17 heteroatoms. The number of carbonyl (C=O) groups excluding carboxylic acids is 2. The second-order valence-electron chi connectivity index (χ2n) is 12.8. The molecule has 2 amide bonds. The van der Waals surface area contributed by atoms with E-state index < -0.39 is 24.0 Å². The fourth-order valence-corrected chi connectivity index (χ4v) is 6.39. The molecule has 4 heterocycles. The summed E-state index contributed by atoms with van der Waals surface area (Å²) >= 11 is 0. The number of alkyl halides is 3. The number of carboxylic acid groups (broad SMARTS) is 1. The molecule has 2 fully saturated rings. The summed E-state index contributed by atoms with van der Waals surface area (Å²) in [4.78, 5) is 55.6. The maximum absolute atomic E-state index is 14.0. The first-order valence-electron chi connectivity index (χ1n) is 17.3. The number of anilines is 3. The second-order valence-corrected chi connectivity index (χ2v) is 12.8. The Bertz CT molecular complexity index is 1740. The van der Waals surface area contributed by atoms with Crippen molar-refractivity contribution in [2.75, 3.05) is 54.4 Å². The number of hydrogen-bond acceptors (Lipinski definition) is 11. The van der Waals surface area contributed by atoms with E-state index in [4.69, 9.17) is 10.4 Å². The summed E-state index contributed by atoms with van der Waals surface area (Å²) in [6, 6.07) is 11.3. The van der Waals surface area contributed by atoms with Crippen molar-refractivity contribution in [3.8, 4) is 6.07 Å². The average molecular weight is 723 g/mol. The van der Waals surface area contributed by atoms with Crippen LogP contribution in [0.15, 0.2) is 42.6 Å². The van der Waals surface area contributed by atoms with Crippen molar-refractivity contribution in [1.29, 1.82) is 5.26 Å². The zero-order chi connectivity index (χ0) is 37.1. The molecule has 0 aliphatic carbocycles. The van der Waals surface area contributed by atoms with Crippen molar-refractivity contribution in [2.45, 2.75) is 63.6 Å². The van der Waals surface area contributed by atoms with E-state index in [0.29, 0.717) is 82.9 Å². The van der Waals surface area contributed by atoms with E-state index in [0.717, 1.165) is 24.8 Å². The highest BCUT2D eigenvalue weighted by molar-refractivity contribution is 5.86. The van der Waals surface area contributed by atoms with E-state index in [1.165, 1.54) is 12.3 Å². The van der Waals surface area contributed by atoms with Gasteiger partial charge in [-0.15, -0.1) is 0 Å². The molecule has 4 N–H and O–H groups in total. The zero-order valence-electron chi connectivity index (χ0n) is 28.5. The Morgan fingerprint density at radius 3 is 2.40 bits per heavy atom. The van der Waals surface area contributed by atoms with Crippen LogP contribution in [0.25, 0.3) is 0 Å². The Morgan fingerprint density at radius 2 is 1.69 bits per heavy atom. The maximum Gasteiger partial charge on any atom is 0.451 e. The van der Waals surface area contributed by atoms with Crippen LogP contribution in [-0.4, -0.2) is 88.1 Å². The molecule has 52 heavy (non-hydrogen) atoms. The van der Waals surface area contributed by atoms with E-state index in [-0.39, 0.29) is 35.1 Å². The number of aromatic nitrogens is 4. The molecular formula is C35H41F3N10O4. The lowest BCUT2D eigenvalue weighted by atomic mass is 9.91. The van der Waals surface area contributed by atoms with Gasteiger partial charge in [-0.05, 0) is 74.6 Å². The van der Waals surface area contributed by atoms with Crippen LogP contribution in [0.4, 0.5) is 30.8 Å². The minimum absolute atomic E-state index is 0.0757. The molecule has 1 atom stereocenters. The Balaban J connectivity index is 1.08. The second kappa shape index (κ2) is 17.6. The Labute approximate surface area is 298 Å². The SMILES string of the molecule is N#Cc1ccc(CCNC(=O)C2CCCN2c2cc(N3CCC(CCCC(=O)NCCNc4nccc(C(=O)O)n4)CC3)nc(C(F)(F)F)n2)cc1. The van der Waals surface area contributed by atoms with Crippen molar-refractivity contribution in [3.63, 3.8) is 0 Å². The molecule has 14 nitrogen and oxygen atoms in total. The number of benzene rings is 1. The van der Waals surface area contributed by atoms with Gasteiger partial charge in [0.15, 0.2) is 5.69 Å². The number of aromatic carboxylic acids is 1. The lowest BCUT2D eigenvalue weighted by Gasteiger charge is -2.34. The number of nitrogens with zero attached hydrogens (tertiary/aromatic N) is 7. The number of piperidine rings is 1. The highest BCUT2D eigenvalue weighted by atomic mass is 19.4. The fourth-order valence-electron chi connectivity index (χ4n) is 6.39. The van der Waals surface area contributed by atoms with Crippen molar-refractivity contribution >= 4 is 35.4 Å². The lowest BCUT2D eigenvalue weighted by Crippen LogP contribution is -2.44. The lowest BCUT2D eigenvalue weighted by molar-refractivity contribution is -0.144. The standard InChI is InChI=1S/C35H41F3N10O4/c36-35(37,38)33-45-28(21-29(46-33)48-18-2-4-27(48)31(50)41-14-10-24-6-8-25(22-39)9-7-24)47-19-12-23(13-20-47)3-1-5-30(49)40-16-17-43-34-42-15-11-26(44-34)32(51)52/h6-9,11,15,21,23,27H,1-5,10,12-14,16-20H2,(H,40,49)(H,41,50)(H,51,52)(H,42,43,44). The van der Waals surface area contributed by atoms with Crippen LogP contribution in [0.5, 0.6) is 0 Å². The number of carboxylic acids is 1. The van der Waals surface area contributed by atoms with E-state index in [9.17, 15) is 27.6 Å². The monoisotopic (exact) mass is 722 g/mol. The minimum Gasteiger partial charge on any atom is -0.477 e. The maximum atomic E-state index is 14.0. The number of hydrogen-bond donors (Lipinski definition) is 4. The number of amides is 2. The molecule has 2 aromatic heterocycles. The van der Waals surface area contributed by atoms with Gasteiger partial charge in [-0.1, -0.05) is 12.1 Å². The van der Waals surface area contributed by atoms with Gasteiger partial charge in [-0.3, -0.25) is 9.59 Å². The highest BCUT2D eigenvalue weighted by Crippen LogP contribution is 2.34. The first kappa shape index (κ1) is 37.7. The molecule has 1 aromatic carbocycles. The van der Waals surface area contributed by atoms with E-state index in [1.807, 2.05) is 17.0 Å². The summed E-state index contributed by atoms with van der Waals surface area (Å²) in [6.07, 6.45) is 1.49. The Hall–Kier alpha value is -5.53. The molecule has 0 radical (unpaired) electrons. The third kappa shape index (κ3) is 10.5. The average Bonchev–Trinajstić information content (AvgIpc) is 3.64. The van der Waals surface area contributed by atoms with Crippen molar-refractivity contribution < 1.29 is 32.7 Å². The molecule has 0 spiro atoms. The number of carbonyl (C=O) groups is 3. The summed E-state index contributed by atoms with van der Waals surface area (Å²) in [6.45, 7) is 2.37. The van der Waals surface area contributed by atoms with Gasteiger partial charge in [-0.25, -0.2) is 24.7 Å². The summed E-state index contributed by atoms with van der Waals surface area (Å²) in [5, 5.41) is 26.6. The molecule has 0 saturated carbocycles. The Kier molecular flexibility index (Phi) is 12.8. The van der Waals surface area contributed by atoms with Crippen LogP contribution in [0.2, 0.25) is 0 Å². The van der Waals surface area contributed by atoms with Crippen LogP contribution < -0.4 is 25.8 Å². The van der Waals surface area contributed by atoms with Crippen LogP contribution in [0, 0.1) is 17.2 Å². The fraction of sp³-hybridized carbons (Fsp3) is 0.486. The zero-order valence-corrected chi connectivity index (χ0v) is 28.5. The minimum atomic E-state index is -4.77. The van der Waals surface area contributed by atoms with Gasteiger partial charge in [0, 0.05) is 58.0 Å². The molecule has 0 bridgehead atoms.